The van der Waals surface area contributed by atoms with Crippen LogP contribution in [0.3, 0.4) is 0 Å². The number of hydrogen-bond acceptors (Lipinski definition) is 5. The Morgan fingerprint density at radius 3 is 2.88 bits per heavy atom. The molecule has 1 aromatic carbocycles. The third-order valence-electron chi connectivity index (χ3n) is 3.53. The fraction of sp³-hybridized carbons (Fsp3) is 0.176. The van der Waals surface area contributed by atoms with Crippen LogP contribution in [0.2, 0.25) is 0 Å². The quantitative estimate of drug-likeness (QED) is 0.744. The molecule has 2 N–H and O–H groups in total. The van der Waals surface area contributed by atoms with Crippen LogP contribution in [0.15, 0.2) is 52.4 Å². The summed E-state index contributed by atoms with van der Waals surface area (Å²) in [6.45, 7) is 1.64. The molecule has 1 atom stereocenters. The van der Waals surface area contributed by atoms with Gasteiger partial charge in [-0.3, -0.25) is 4.79 Å². The zero-order valence-electron chi connectivity index (χ0n) is 12.8. The van der Waals surface area contributed by atoms with Gasteiger partial charge in [0, 0.05) is 10.9 Å². The Kier molecular flexibility index (Phi) is 4.46. The van der Waals surface area contributed by atoms with Gasteiger partial charge in [0.1, 0.15) is 11.4 Å². The first-order valence-electron chi connectivity index (χ1n) is 7.23. The van der Waals surface area contributed by atoms with Crippen molar-refractivity contribution in [1.82, 2.24) is 10.5 Å². The molecule has 0 fully saturated rings. The Bertz CT molecular complexity index is 843. The number of benzene rings is 1. The van der Waals surface area contributed by atoms with E-state index in [1.165, 1.54) is 23.5 Å². The molecule has 0 aliphatic heterocycles. The highest BCUT2D eigenvalue weighted by Crippen LogP contribution is 2.25. The lowest BCUT2D eigenvalue weighted by molar-refractivity contribution is 0.0554. The number of rotatable bonds is 5. The average molecular weight is 346 g/mol. The van der Waals surface area contributed by atoms with Gasteiger partial charge in [0.2, 0.25) is 0 Å². The number of carbonyl (C=O) groups excluding carboxylic acids is 1. The van der Waals surface area contributed by atoms with E-state index in [2.05, 4.69) is 10.5 Å². The normalized spacial score (nSPS) is 13.5. The summed E-state index contributed by atoms with van der Waals surface area (Å²) in [5, 5.41) is 18.5. The van der Waals surface area contributed by atoms with Crippen LogP contribution in [0, 0.1) is 5.82 Å². The summed E-state index contributed by atoms with van der Waals surface area (Å²) in [5.74, 6) is -0.789. The second-order valence-corrected chi connectivity index (χ2v) is 6.44. The molecular formula is C17H15FN2O3S. The van der Waals surface area contributed by atoms with Crippen LogP contribution >= 0.6 is 11.3 Å². The number of hydrogen-bond donors (Lipinski definition) is 2. The molecule has 3 rings (SSSR count). The summed E-state index contributed by atoms with van der Waals surface area (Å²) < 4.78 is 18.8. The first-order valence-corrected chi connectivity index (χ1v) is 8.11. The summed E-state index contributed by atoms with van der Waals surface area (Å²) in [7, 11) is 0. The Balaban J connectivity index is 1.70. The molecule has 124 valence electrons. The zero-order valence-corrected chi connectivity index (χ0v) is 13.6. The number of halogens is 1. The van der Waals surface area contributed by atoms with Crippen molar-refractivity contribution >= 4 is 17.2 Å². The fourth-order valence-corrected chi connectivity index (χ4v) is 2.97. The average Bonchev–Trinajstić information content (AvgIpc) is 3.25. The number of carbonyl (C=O) groups is 1. The number of aliphatic hydroxyl groups is 1. The van der Waals surface area contributed by atoms with Crippen LogP contribution in [0.5, 0.6) is 0 Å². The smallest absolute Gasteiger partial charge is 0.273 e. The van der Waals surface area contributed by atoms with Crippen LogP contribution in [0.1, 0.15) is 22.3 Å². The van der Waals surface area contributed by atoms with Gasteiger partial charge < -0.3 is 14.9 Å². The van der Waals surface area contributed by atoms with E-state index in [9.17, 15) is 14.3 Å². The molecular weight excluding hydrogens is 331 g/mol. The highest BCUT2D eigenvalue weighted by molar-refractivity contribution is 7.10. The van der Waals surface area contributed by atoms with E-state index >= 15 is 0 Å². The Labute approximate surface area is 141 Å². The third kappa shape index (κ3) is 3.37. The molecule has 1 amide bonds. The van der Waals surface area contributed by atoms with E-state index in [1.54, 1.807) is 31.2 Å². The number of thiophene rings is 1. The summed E-state index contributed by atoms with van der Waals surface area (Å²) >= 11 is 1.40. The molecule has 24 heavy (non-hydrogen) atoms. The van der Waals surface area contributed by atoms with Crippen molar-refractivity contribution < 1.29 is 18.8 Å². The van der Waals surface area contributed by atoms with Gasteiger partial charge in [-0.25, -0.2) is 4.39 Å². The Morgan fingerprint density at radius 1 is 1.38 bits per heavy atom. The minimum Gasteiger partial charge on any atom is -0.383 e. The van der Waals surface area contributed by atoms with E-state index in [0.717, 1.165) is 4.88 Å². The van der Waals surface area contributed by atoms with E-state index < -0.39 is 17.3 Å². The van der Waals surface area contributed by atoms with Gasteiger partial charge in [-0.15, -0.1) is 11.3 Å². The summed E-state index contributed by atoms with van der Waals surface area (Å²) in [6.07, 6.45) is 0. The fourth-order valence-electron chi connectivity index (χ4n) is 2.19. The number of amides is 1. The van der Waals surface area contributed by atoms with Crippen LogP contribution in [0.25, 0.3) is 11.3 Å². The maximum Gasteiger partial charge on any atom is 0.273 e. The molecule has 0 bridgehead atoms. The predicted octanol–water partition coefficient (Wildman–Crippen LogP) is 3.18. The maximum atomic E-state index is 13.7. The lowest BCUT2D eigenvalue weighted by Gasteiger charge is -2.21. The van der Waals surface area contributed by atoms with Gasteiger partial charge in [0.25, 0.3) is 5.91 Å². The van der Waals surface area contributed by atoms with E-state index in [-0.39, 0.29) is 23.6 Å². The van der Waals surface area contributed by atoms with Crippen molar-refractivity contribution in [1.29, 1.82) is 0 Å². The van der Waals surface area contributed by atoms with Gasteiger partial charge in [-0.1, -0.05) is 23.4 Å². The number of aromatic nitrogens is 1. The molecule has 0 aliphatic carbocycles. The van der Waals surface area contributed by atoms with Crippen LogP contribution in [0.4, 0.5) is 4.39 Å². The molecule has 3 aromatic rings. The second kappa shape index (κ2) is 6.54. The molecule has 5 nitrogen and oxygen atoms in total. The van der Waals surface area contributed by atoms with Gasteiger partial charge in [-0.2, -0.15) is 0 Å². The van der Waals surface area contributed by atoms with Crippen molar-refractivity contribution in [3.8, 4) is 11.3 Å². The molecule has 0 aliphatic rings. The topological polar surface area (TPSA) is 75.4 Å². The summed E-state index contributed by atoms with van der Waals surface area (Å²) in [5.41, 5.74) is -0.924. The summed E-state index contributed by atoms with van der Waals surface area (Å²) in [6, 6.07) is 11.1. The van der Waals surface area contributed by atoms with Gasteiger partial charge in [0.05, 0.1) is 12.1 Å². The molecule has 0 saturated carbocycles. The number of nitrogens with zero attached hydrogens (tertiary/aromatic N) is 1. The Morgan fingerprint density at radius 2 is 2.17 bits per heavy atom. The molecule has 2 aromatic heterocycles. The van der Waals surface area contributed by atoms with Crippen molar-refractivity contribution in [2.45, 2.75) is 12.5 Å². The molecule has 2 heterocycles. The first kappa shape index (κ1) is 16.4. The minimum absolute atomic E-state index is 0.0221. The zero-order chi connectivity index (χ0) is 17.2. The second-order valence-electron chi connectivity index (χ2n) is 5.49. The van der Waals surface area contributed by atoms with E-state index in [4.69, 9.17) is 4.52 Å². The number of nitrogens with one attached hydrogen (secondary N) is 1. The molecule has 0 spiro atoms. The van der Waals surface area contributed by atoms with Crippen molar-refractivity contribution in [2.75, 3.05) is 6.54 Å². The standard InChI is InChI=1S/C17H15FN2O3S/c1-17(22,15-7-4-8-24-15)10-19-16(21)13-9-14(23-20-13)11-5-2-3-6-12(11)18/h2-9,22H,10H2,1H3,(H,19,21). The van der Waals surface area contributed by atoms with Gasteiger partial charge in [-0.05, 0) is 30.5 Å². The van der Waals surface area contributed by atoms with Crippen molar-refractivity contribution in [2.24, 2.45) is 0 Å². The largest absolute Gasteiger partial charge is 0.383 e. The van der Waals surface area contributed by atoms with Crippen LogP contribution in [-0.4, -0.2) is 22.7 Å². The summed E-state index contributed by atoms with van der Waals surface area (Å²) in [4.78, 5) is 12.9. The molecule has 7 heteroatoms. The molecule has 1 unspecified atom stereocenters. The third-order valence-corrected chi connectivity index (χ3v) is 4.65. The first-order chi connectivity index (χ1) is 11.5. The monoisotopic (exact) mass is 346 g/mol. The van der Waals surface area contributed by atoms with E-state index in [1.807, 2.05) is 11.4 Å². The maximum absolute atomic E-state index is 13.7. The van der Waals surface area contributed by atoms with Crippen LogP contribution in [-0.2, 0) is 5.60 Å². The molecule has 0 saturated heterocycles. The SMILES string of the molecule is CC(O)(CNC(=O)c1cc(-c2ccccc2F)on1)c1cccs1. The highest BCUT2D eigenvalue weighted by atomic mass is 32.1. The highest BCUT2D eigenvalue weighted by Gasteiger charge is 2.26. The lowest BCUT2D eigenvalue weighted by Crippen LogP contribution is -2.38. The van der Waals surface area contributed by atoms with E-state index in [0.29, 0.717) is 0 Å². The molecule has 0 radical (unpaired) electrons. The predicted molar refractivity (Wildman–Crippen MR) is 88.1 cm³/mol. The van der Waals surface area contributed by atoms with Crippen molar-refractivity contribution in [3.05, 3.63) is 64.2 Å². The van der Waals surface area contributed by atoms with Crippen molar-refractivity contribution in [3.63, 3.8) is 0 Å². The minimum atomic E-state index is -1.18. The van der Waals surface area contributed by atoms with Gasteiger partial charge in [0.15, 0.2) is 11.5 Å². The lowest BCUT2D eigenvalue weighted by atomic mass is 10.1. The Hall–Kier alpha value is -2.51. The van der Waals surface area contributed by atoms with Gasteiger partial charge >= 0.3 is 0 Å². The van der Waals surface area contributed by atoms with Crippen LogP contribution < -0.4 is 5.32 Å².